The number of thiophene rings is 1. The van der Waals surface area contributed by atoms with Crippen LogP contribution in [0.3, 0.4) is 0 Å². The zero-order chi connectivity index (χ0) is 20.0. The number of hydrogen-bond donors (Lipinski definition) is 1. The number of rotatable bonds is 7. The van der Waals surface area contributed by atoms with Crippen LogP contribution in [-0.2, 0) is 20.9 Å². The molecule has 0 fully saturated rings. The van der Waals surface area contributed by atoms with E-state index >= 15 is 0 Å². The first-order valence-electron chi connectivity index (χ1n) is 8.25. The summed E-state index contributed by atoms with van der Waals surface area (Å²) >= 11 is 0.936. The average Bonchev–Trinajstić information content (AvgIpc) is 2.95. The van der Waals surface area contributed by atoms with Crippen LogP contribution in [0.25, 0.3) is 0 Å². The van der Waals surface area contributed by atoms with Crippen LogP contribution in [-0.4, -0.2) is 24.6 Å². The van der Waals surface area contributed by atoms with E-state index in [1.807, 2.05) is 25.1 Å². The number of ether oxygens (including phenoxy) is 3. The third-order valence-electron chi connectivity index (χ3n) is 3.60. The number of aryl methyl sites for hydroxylation is 1. The highest BCUT2D eigenvalue weighted by Gasteiger charge is 2.25. The monoisotopic (exact) mass is 388 g/mol. The van der Waals surface area contributed by atoms with Gasteiger partial charge in [0.2, 0.25) is 0 Å². The van der Waals surface area contributed by atoms with Crippen molar-refractivity contribution in [3.8, 4) is 11.8 Å². The molecule has 8 heteroatoms. The minimum atomic E-state index is -0.862. The highest BCUT2D eigenvalue weighted by molar-refractivity contribution is 7.18. The molecule has 0 amide bonds. The Morgan fingerprint density at radius 2 is 2.07 bits per heavy atom. The second-order valence-electron chi connectivity index (χ2n) is 5.67. The summed E-state index contributed by atoms with van der Waals surface area (Å²) in [6, 6.07) is 9.21. The van der Waals surface area contributed by atoms with Gasteiger partial charge in [0.1, 0.15) is 28.3 Å². The molecule has 1 aromatic carbocycles. The second-order valence-corrected chi connectivity index (χ2v) is 6.72. The number of nitrogen functional groups attached to an aromatic ring is 1. The Labute approximate surface area is 161 Å². The van der Waals surface area contributed by atoms with Gasteiger partial charge in [-0.1, -0.05) is 12.1 Å². The van der Waals surface area contributed by atoms with Crippen molar-refractivity contribution in [2.75, 3.05) is 12.3 Å². The molecule has 0 aliphatic heterocycles. The molecule has 0 spiro atoms. The molecule has 7 nitrogen and oxygen atoms in total. The molecule has 0 aliphatic carbocycles. The van der Waals surface area contributed by atoms with Crippen molar-refractivity contribution in [2.24, 2.45) is 0 Å². The Morgan fingerprint density at radius 3 is 2.70 bits per heavy atom. The first kappa shape index (κ1) is 20.3. The van der Waals surface area contributed by atoms with Crippen LogP contribution in [0.5, 0.6) is 5.75 Å². The van der Waals surface area contributed by atoms with E-state index in [2.05, 4.69) is 0 Å². The largest absolute Gasteiger partial charge is 0.479 e. The number of carbonyl (C=O) groups is 2. The Bertz CT molecular complexity index is 885. The van der Waals surface area contributed by atoms with Crippen LogP contribution < -0.4 is 10.5 Å². The second kappa shape index (κ2) is 9.05. The minimum Gasteiger partial charge on any atom is -0.479 e. The summed E-state index contributed by atoms with van der Waals surface area (Å²) in [6.07, 6.45) is -0.862. The SMILES string of the molecule is CCOC(=O)c1sc(N)c(C#N)c1COC(=O)[C@H](C)Oc1cccc(C)c1. The van der Waals surface area contributed by atoms with Crippen molar-refractivity contribution >= 4 is 28.3 Å². The van der Waals surface area contributed by atoms with Gasteiger partial charge in [-0.2, -0.15) is 5.26 Å². The molecule has 0 unspecified atom stereocenters. The standard InChI is InChI=1S/C19H20N2O5S/c1-4-24-19(23)16-15(14(9-20)17(21)27-16)10-25-18(22)12(3)26-13-7-5-6-11(2)8-13/h5-8,12H,4,10,21H2,1-3H3/t12-/m0/s1. The summed E-state index contributed by atoms with van der Waals surface area (Å²) in [5.74, 6) is -0.685. The van der Waals surface area contributed by atoms with Crippen molar-refractivity contribution in [1.82, 2.24) is 0 Å². The van der Waals surface area contributed by atoms with E-state index in [4.69, 9.17) is 19.9 Å². The molecule has 0 radical (unpaired) electrons. The van der Waals surface area contributed by atoms with Crippen LogP contribution in [0.2, 0.25) is 0 Å². The van der Waals surface area contributed by atoms with E-state index < -0.39 is 18.0 Å². The first-order chi connectivity index (χ1) is 12.9. The van der Waals surface area contributed by atoms with Crippen LogP contribution in [0, 0.1) is 18.3 Å². The van der Waals surface area contributed by atoms with Gasteiger partial charge < -0.3 is 19.9 Å². The summed E-state index contributed by atoms with van der Waals surface area (Å²) in [4.78, 5) is 24.5. The maximum absolute atomic E-state index is 12.2. The lowest BCUT2D eigenvalue weighted by Gasteiger charge is -2.14. The molecule has 2 N–H and O–H groups in total. The van der Waals surface area contributed by atoms with E-state index in [-0.39, 0.29) is 34.2 Å². The van der Waals surface area contributed by atoms with Gasteiger partial charge >= 0.3 is 11.9 Å². The molecule has 1 aromatic heterocycles. The van der Waals surface area contributed by atoms with Crippen LogP contribution >= 0.6 is 11.3 Å². The fourth-order valence-electron chi connectivity index (χ4n) is 2.31. The third kappa shape index (κ3) is 4.99. The topological polar surface area (TPSA) is 112 Å². The van der Waals surface area contributed by atoms with Crippen LogP contribution in [0.4, 0.5) is 5.00 Å². The highest BCUT2D eigenvalue weighted by atomic mass is 32.1. The third-order valence-corrected chi connectivity index (χ3v) is 4.64. The van der Waals surface area contributed by atoms with E-state index in [0.29, 0.717) is 5.75 Å². The molecule has 1 heterocycles. The Kier molecular flexibility index (Phi) is 6.79. The van der Waals surface area contributed by atoms with Crippen molar-refractivity contribution in [1.29, 1.82) is 5.26 Å². The maximum Gasteiger partial charge on any atom is 0.348 e. The normalized spacial score (nSPS) is 11.3. The predicted molar refractivity (Wildman–Crippen MR) is 100 cm³/mol. The number of benzene rings is 1. The number of esters is 2. The summed E-state index contributed by atoms with van der Waals surface area (Å²) < 4.78 is 15.8. The molecule has 0 saturated carbocycles. The summed E-state index contributed by atoms with van der Waals surface area (Å²) in [6.45, 7) is 5.05. The van der Waals surface area contributed by atoms with Gasteiger partial charge in [0, 0.05) is 5.56 Å². The predicted octanol–water partition coefficient (Wildman–Crippen LogP) is 3.20. The molecular weight excluding hydrogens is 368 g/mol. The van der Waals surface area contributed by atoms with Gasteiger partial charge in [-0.05, 0) is 38.5 Å². The molecular formula is C19H20N2O5S. The van der Waals surface area contributed by atoms with Crippen LogP contribution in [0.15, 0.2) is 24.3 Å². The van der Waals surface area contributed by atoms with E-state index in [0.717, 1.165) is 16.9 Å². The lowest BCUT2D eigenvalue weighted by atomic mass is 10.1. The quantitative estimate of drug-likeness (QED) is 0.725. The van der Waals surface area contributed by atoms with Gasteiger partial charge in [0.25, 0.3) is 0 Å². The highest BCUT2D eigenvalue weighted by Crippen LogP contribution is 2.32. The molecule has 2 rings (SSSR count). The van der Waals surface area contributed by atoms with Crippen molar-refractivity contribution in [3.63, 3.8) is 0 Å². The van der Waals surface area contributed by atoms with Gasteiger partial charge in [0.15, 0.2) is 6.10 Å². The van der Waals surface area contributed by atoms with E-state index in [9.17, 15) is 14.9 Å². The number of hydrogen-bond acceptors (Lipinski definition) is 8. The minimum absolute atomic E-state index is 0.114. The average molecular weight is 388 g/mol. The Balaban J connectivity index is 2.10. The van der Waals surface area contributed by atoms with Crippen LogP contribution in [0.1, 0.15) is 40.2 Å². The first-order valence-corrected chi connectivity index (χ1v) is 9.07. The maximum atomic E-state index is 12.2. The number of carbonyl (C=O) groups excluding carboxylic acids is 2. The van der Waals surface area contributed by atoms with E-state index in [1.54, 1.807) is 26.0 Å². The fourth-order valence-corrected chi connectivity index (χ4v) is 3.23. The number of nitrogens with zero attached hydrogens (tertiary/aromatic N) is 1. The lowest BCUT2D eigenvalue weighted by molar-refractivity contribution is -0.152. The molecule has 2 aromatic rings. The smallest absolute Gasteiger partial charge is 0.348 e. The number of nitriles is 1. The Hall–Kier alpha value is -3.05. The lowest BCUT2D eigenvalue weighted by Crippen LogP contribution is -2.26. The molecule has 0 saturated heterocycles. The van der Waals surface area contributed by atoms with Gasteiger partial charge in [-0.3, -0.25) is 0 Å². The Morgan fingerprint density at radius 1 is 1.33 bits per heavy atom. The van der Waals surface area contributed by atoms with Gasteiger partial charge in [-0.25, -0.2) is 9.59 Å². The molecule has 1 atom stereocenters. The van der Waals surface area contributed by atoms with Crippen molar-refractivity contribution < 1.29 is 23.8 Å². The van der Waals surface area contributed by atoms with Gasteiger partial charge in [0.05, 0.1) is 12.2 Å². The zero-order valence-electron chi connectivity index (χ0n) is 15.3. The van der Waals surface area contributed by atoms with Gasteiger partial charge in [-0.15, -0.1) is 11.3 Å². The summed E-state index contributed by atoms with van der Waals surface area (Å²) in [7, 11) is 0. The molecule has 0 aliphatic rings. The number of nitrogens with two attached hydrogens (primary N) is 1. The summed E-state index contributed by atoms with van der Waals surface area (Å²) in [5, 5.41) is 9.46. The summed E-state index contributed by atoms with van der Waals surface area (Å²) in [5.41, 5.74) is 7.15. The number of anilines is 1. The molecule has 27 heavy (non-hydrogen) atoms. The molecule has 0 bridgehead atoms. The van der Waals surface area contributed by atoms with Crippen molar-refractivity contribution in [2.45, 2.75) is 33.5 Å². The molecule has 142 valence electrons. The van der Waals surface area contributed by atoms with E-state index in [1.165, 1.54) is 0 Å². The van der Waals surface area contributed by atoms with Crippen molar-refractivity contribution in [3.05, 3.63) is 45.8 Å². The fraction of sp³-hybridized carbons (Fsp3) is 0.316. The zero-order valence-corrected chi connectivity index (χ0v) is 16.1.